The van der Waals surface area contributed by atoms with E-state index in [9.17, 15) is 4.39 Å². The van der Waals surface area contributed by atoms with Crippen molar-refractivity contribution in [2.24, 2.45) is 5.92 Å². The largest absolute Gasteiger partial charge is 0.299 e. The number of likely N-dealkylation sites (tertiary alicyclic amines) is 1. The van der Waals surface area contributed by atoms with Crippen LogP contribution in [0.2, 0.25) is 0 Å². The van der Waals surface area contributed by atoms with Crippen LogP contribution >= 0.6 is 0 Å². The fourth-order valence-corrected chi connectivity index (χ4v) is 3.29. The average Bonchev–Trinajstić information content (AvgIpc) is 2.80. The van der Waals surface area contributed by atoms with Crippen molar-refractivity contribution in [3.63, 3.8) is 0 Å². The van der Waals surface area contributed by atoms with Gasteiger partial charge in [0.05, 0.1) is 0 Å². The molecule has 118 valence electrons. The predicted octanol–water partition coefficient (Wildman–Crippen LogP) is 2.95. The molecule has 1 aliphatic rings. The van der Waals surface area contributed by atoms with Crippen LogP contribution in [0.25, 0.3) is 0 Å². The minimum Gasteiger partial charge on any atom is -0.299 e. The summed E-state index contributed by atoms with van der Waals surface area (Å²) in [6.45, 7) is 7.56. The SMILES string of the molecule is Cc1nc(C)n(C[C@@H]2CCCN(Cc3ccccc3F)C2)n1. The van der Waals surface area contributed by atoms with E-state index in [0.717, 1.165) is 43.3 Å². The van der Waals surface area contributed by atoms with Gasteiger partial charge in [0.2, 0.25) is 0 Å². The average molecular weight is 302 g/mol. The van der Waals surface area contributed by atoms with Crippen molar-refractivity contribution in [3.05, 3.63) is 47.3 Å². The third kappa shape index (κ3) is 3.53. The zero-order valence-electron chi connectivity index (χ0n) is 13.3. The lowest BCUT2D eigenvalue weighted by atomic mass is 9.97. The Hall–Kier alpha value is -1.75. The van der Waals surface area contributed by atoms with Crippen molar-refractivity contribution in [2.75, 3.05) is 13.1 Å². The Kier molecular flexibility index (Phi) is 4.52. The molecule has 3 rings (SSSR count). The van der Waals surface area contributed by atoms with Crippen molar-refractivity contribution in [2.45, 2.75) is 39.8 Å². The summed E-state index contributed by atoms with van der Waals surface area (Å²) >= 11 is 0. The van der Waals surface area contributed by atoms with Gasteiger partial charge in [-0.3, -0.25) is 4.90 Å². The van der Waals surface area contributed by atoms with Gasteiger partial charge in [0.1, 0.15) is 17.5 Å². The first-order valence-corrected chi connectivity index (χ1v) is 7.95. The maximum absolute atomic E-state index is 13.8. The third-order valence-corrected chi connectivity index (χ3v) is 4.35. The van der Waals surface area contributed by atoms with E-state index in [-0.39, 0.29) is 5.82 Å². The summed E-state index contributed by atoms with van der Waals surface area (Å²) in [5, 5.41) is 4.45. The molecular weight excluding hydrogens is 279 g/mol. The monoisotopic (exact) mass is 302 g/mol. The van der Waals surface area contributed by atoms with Gasteiger partial charge in [0, 0.05) is 25.2 Å². The molecule has 1 aromatic carbocycles. The van der Waals surface area contributed by atoms with Crippen LogP contribution in [0.1, 0.15) is 30.1 Å². The van der Waals surface area contributed by atoms with E-state index >= 15 is 0 Å². The van der Waals surface area contributed by atoms with Crippen molar-refractivity contribution in [3.8, 4) is 0 Å². The highest BCUT2D eigenvalue weighted by Gasteiger charge is 2.22. The zero-order chi connectivity index (χ0) is 15.5. The molecule has 0 amide bonds. The Labute approximate surface area is 131 Å². The van der Waals surface area contributed by atoms with E-state index < -0.39 is 0 Å². The predicted molar refractivity (Wildman–Crippen MR) is 83.9 cm³/mol. The molecule has 1 atom stereocenters. The van der Waals surface area contributed by atoms with Gasteiger partial charge >= 0.3 is 0 Å². The molecular formula is C17H23FN4. The standard InChI is InChI=1S/C17H23FN4/c1-13-19-14(2)22(20-13)11-15-6-5-9-21(10-15)12-16-7-3-4-8-17(16)18/h3-4,7-8,15H,5-6,9-12H2,1-2H3/t15-/m1/s1. The number of benzene rings is 1. The van der Waals surface area contributed by atoms with Gasteiger partial charge in [0.15, 0.2) is 0 Å². The Morgan fingerprint density at radius 2 is 2.09 bits per heavy atom. The molecule has 2 aromatic rings. The Morgan fingerprint density at radius 3 is 2.82 bits per heavy atom. The van der Waals surface area contributed by atoms with E-state index in [1.54, 1.807) is 6.07 Å². The maximum atomic E-state index is 13.8. The van der Waals surface area contributed by atoms with E-state index in [1.165, 1.54) is 12.5 Å². The van der Waals surface area contributed by atoms with Crippen LogP contribution in [0.3, 0.4) is 0 Å². The van der Waals surface area contributed by atoms with Crippen molar-refractivity contribution in [1.29, 1.82) is 0 Å². The molecule has 0 saturated carbocycles. The lowest BCUT2D eigenvalue weighted by Crippen LogP contribution is -2.37. The normalized spacial score (nSPS) is 19.5. The van der Waals surface area contributed by atoms with Gasteiger partial charge in [-0.05, 0) is 45.2 Å². The molecule has 2 heterocycles. The van der Waals surface area contributed by atoms with Crippen molar-refractivity contribution < 1.29 is 4.39 Å². The van der Waals surface area contributed by atoms with Gasteiger partial charge in [-0.25, -0.2) is 14.1 Å². The second-order valence-electron chi connectivity index (χ2n) is 6.22. The molecule has 1 fully saturated rings. The first-order valence-electron chi connectivity index (χ1n) is 7.95. The highest BCUT2D eigenvalue weighted by Crippen LogP contribution is 2.21. The summed E-state index contributed by atoms with van der Waals surface area (Å²) in [4.78, 5) is 6.72. The molecule has 5 heteroatoms. The number of aromatic nitrogens is 3. The van der Waals surface area contributed by atoms with Crippen LogP contribution in [0, 0.1) is 25.6 Å². The van der Waals surface area contributed by atoms with E-state index in [2.05, 4.69) is 15.0 Å². The number of aryl methyl sites for hydroxylation is 2. The van der Waals surface area contributed by atoms with Crippen LogP contribution in [0.5, 0.6) is 0 Å². The number of halogens is 1. The van der Waals surface area contributed by atoms with E-state index in [0.29, 0.717) is 12.5 Å². The molecule has 1 aromatic heterocycles. The molecule has 0 N–H and O–H groups in total. The van der Waals surface area contributed by atoms with E-state index in [1.807, 2.05) is 30.7 Å². The first kappa shape index (κ1) is 15.2. The fraction of sp³-hybridized carbons (Fsp3) is 0.529. The van der Waals surface area contributed by atoms with Gasteiger partial charge in [-0.1, -0.05) is 18.2 Å². The van der Waals surface area contributed by atoms with E-state index in [4.69, 9.17) is 0 Å². The summed E-state index contributed by atoms with van der Waals surface area (Å²) in [6, 6.07) is 7.07. The minimum absolute atomic E-state index is 0.104. The number of hydrogen-bond acceptors (Lipinski definition) is 3. The summed E-state index contributed by atoms with van der Waals surface area (Å²) in [6.07, 6.45) is 2.36. The molecule has 1 saturated heterocycles. The maximum Gasteiger partial charge on any atom is 0.147 e. The lowest BCUT2D eigenvalue weighted by Gasteiger charge is -2.32. The van der Waals surface area contributed by atoms with Crippen LogP contribution in [-0.2, 0) is 13.1 Å². The summed E-state index contributed by atoms with van der Waals surface area (Å²) in [5.74, 6) is 2.26. The van der Waals surface area contributed by atoms with Crippen molar-refractivity contribution >= 4 is 0 Å². The van der Waals surface area contributed by atoms with Gasteiger partial charge in [0.25, 0.3) is 0 Å². The number of piperidine rings is 1. The zero-order valence-corrected chi connectivity index (χ0v) is 13.3. The topological polar surface area (TPSA) is 34.0 Å². The van der Waals surface area contributed by atoms with Crippen LogP contribution in [-0.4, -0.2) is 32.8 Å². The Bertz CT molecular complexity index is 637. The van der Waals surface area contributed by atoms with Gasteiger partial charge in [-0.2, -0.15) is 5.10 Å². The van der Waals surface area contributed by atoms with Gasteiger partial charge < -0.3 is 0 Å². The third-order valence-electron chi connectivity index (χ3n) is 4.35. The molecule has 4 nitrogen and oxygen atoms in total. The van der Waals surface area contributed by atoms with Gasteiger partial charge in [-0.15, -0.1) is 0 Å². The summed E-state index contributed by atoms with van der Waals surface area (Å²) in [7, 11) is 0. The molecule has 0 unspecified atom stereocenters. The number of hydrogen-bond donors (Lipinski definition) is 0. The molecule has 22 heavy (non-hydrogen) atoms. The summed E-state index contributed by atoms with van der Waals surface area (Å²) in [5.41, 5.74) is 0.788. The highest BCUT2D eigenvalue weighted by atomic mass is 19.1. The highest BCUT2D eigenvalue weighted by molar-refractivity contribution is 5.17. The molecule has 0 radical (unpaired) electrons. The van der Waals surface area contributed by atoms with Crippen LogP contribution in [0.4, 0.5) is 4.39 Å². The molecule has 0 bridgehead atoms. The second kappa shape index (κ2) is 6.57. The smallest absolute Gasteiger partial charge is 0.147 e. The number of rotatable bonds is 4. The quantitative estimate of drug-likeness (QED) is 0.871. The summed E-state index contributed by atoms with van der Waals surface area (Å²) < 4.78 is 15.8. The fourth-order valence-electron chi connectivity index (χ4n) is 3.29. The number of nitrogens with zero attached hydrogens (tertiary/aromatic N) is 4. The second-order valence-corrected chi connectivity index (χ2v) is 6.22. The first-order chi connectivity index (χ1) is 10.6. The van der Waals surface area contributed by atoms with Crippen LogP contribution in [0.15, 0.2) is 24.3 Å². The lowest BCUT2D eigenvalue weighted by molar-refractivity contribution is 0.151. The van der Waals surface area contributed by atoms with Crippen LogP contribution < -0.4 is 0 Å². The Morgan fingerprint density at radius 1 is 1.27 bits per heavy atom. The molecule has 0 aliphatic carbocycles. The minimum atomic E-state index is -0.104. The van der Waals surface area contributed by atoms with Crippen molar-refractivity contribution in [1.82, 2.24) is 19.7 Å². The Balaban J connectivity index is 1.62. The molecule has 0 spiro atoms. The molecule has 1 aliphatic heterocycles.